The van der Waals surface area contributed by atoms with Crippen LogP contribution in [0.2, 0.25) is 0 Å². The predicted octanol–water partition coefficient (Wildman–Crippen LogP) is 15.2. The van der Waals surface area contributed by atoms with Crippen molar-refractivity contribution in [3.05, 3.63) is 228 Å². The van der Waals surface area contributed by atoms with E-state index in [9.17, 15) is 19.5 Å². The van der Waals surface area contributed by atoms with Crippen molar-refractivity contribution in [3.63, 3.8) is 0 Å². The zero-order chi connectivity index (χ0) is 71.5. The number of rotatable bonds is 18. The van der Waals surface area contributed by atoms with E-state index in [-0.39, 0.29) is 59.7 Å². The molecule has 0 saturated carbocycles. The third-order valence-corrected chi connectivity index (χ3v) is 13.5. The summed E-state index contributed by atoms with van der Waals surface area (Å²) in [5.41, 5.74) is 7.85. The lowest BCUT2D eigenvalue weighted by Crippen LogP contribution is -2.36. The minimum atomic E-state index is -1.51. The highest BCUT2D eigenvalue weighted by Crippen LogP contribution is 2.33. The van der Waals surface area contributed by atoms with Crippen LogP contribution in [0.3, 0.4) is 0 Å². The molecule has 15 nitrogen and oxygen atoms in total. The van der Waals surface area contributed by atoms with Gasteiger partial charge in [0.15, 0.2) is 0 Å². The number of aromatic hydroxyl groups is 1. The number of carbonyl (C=O) groups excluding carboxylic acids is 3. The summed E-state index contributed by atoms with van der Waals surface area (Å²) in [6.45, 7) is -5.83. The lowest BCUT2D eigenvalue weighted by Gasteiger charge is -2.23. The number of aromatic amines is 4. The standard InChI is InChI=1S/2C20H23N2O2.C19H20N2O2.C13H18N2O.CH3I.2CH4/c2*1-22(2,3)13-12-16-14-21-17-10-7-11-18(19(16)17)24-20(23)15-8-5-4-6-9-15;1-21(2)12-11-15-13-20-16-9-6-10-17(18(15)16)23-19(22)14-7-4-3-5-8-14;1-15(2,3)8-7-10-9-14-11-5-4-6-12(16)13(10)11;1-2;;/h2*4-11,14,21H,12-13H2,1-3H3;3-10,13,20H,11-12H2,1-2H3;4-6,9,14H,7-8H2,1-3H3;1H3;2*1H4/q2*+1;;;;;/p+1/i2*13D2;12D2;8D2;;;. The fourth-order valence-electron chi connectivity index (χ4n) is 9.12. The summed E-state index contributed by atoms with van der Waals surface area (Å²) in [7, 11) is 19.8. The van der Waals surface area contributed by atoms with Gasteiger partial charge in [0, 0.05) is 96.9 Å². The number of nitrogens with zero attached hydrogens (tertiary/aromatic N) is 4. The number of halogens is 1. The van der Waals surface area contributed by atoms with Crippen molar-refractivity contribution in [2.45, 2.75) is 40.5 Å². The summed E-state index contributed by atoms with van der Waals surface area (Å²) < 4.78 is 83.6. The van der Waals surface area contributed by atoms with Crippen molar-refractivity contribution in [2.24, 2.45) is 0 Å². The van der Waals surface area contributed by atoms with Gasteiger partial charge in [-0.25, -0.2) is 14.4 Å². The van der Waals surface area contributed by atoms with Gasteiger partial charge in [0.2, 0.25) is 0 Å². The largest absolute Gasteiger partial charge is 0.507 e. The van der Waals surface area contributed by atoms with Gasteiger partial charge in [-0.3, -0.25) is 0 Å². The maximum Gasteiger partial charge on any atom is 0.343 e. The Labute approximate surface area is 563 Å². The second-order valence-electron chi connectivity index (χ2n) is 23.5. The Morgan fingerprint density at radius 3 is 0.956 bits per heavy atom. The average Bonchev–Trinajstić information content (AvgIpc) is 1.72. The Morgan fingerprint density at radius 1 is 0.407 bits per heavy atom. The van der Waals surface area contributed by atoms with E-state index in [0.29, 0.717) is 33.9 Å². The van der Waals surface area contributed by atoms with Gasteiger partial charge < -0.3 is 57.6 Å². The van der Waals surface area contributed by atoms with Crippen molar-refractivity contribution in [1.82, 2.24) is 24.8 Å². The van der Waals surface area contributed by atoms with Crippen molar-refractivity contribution < 1.29 is 58.1 Å². The number of quaternary nitrogens is 3. The van der Waals surface area contributed by atoms with Crippen LogP contribution in [0.1, 0.15) is 79.1 Å². The molecule has 482 valence electrons. The molecule has 0 unspecified atom stereocenters. The first-order chi connectivity index (χ1) is 45.5. The molecular weight excluding hydrogens is 1250 g/mol. The Balaban J connectivity index is 0.000000236. The zero-order valence-corrected chi connectivity index (χ0v) is 54.9. The maximum absolute atomic E-state index is 12.4. The van der Waals surface area contributed by atoms with Crippen LogP contribution in [-0.4, -0.2) is 170 Å². The van der Waals surface area contributed by atoms with Gasteiger partial charge in [-0.05, 0) is 133 Å². The molecule has 0 aliphatic rings. The molecule has 4 heterocycles. The highest BCUT2D eigenvalue weighted by molar-refractivity contribution is 14.1. The number of carbonyl (C=O) groups is 3. The molecule has 11 aromatic rings. The number of hydrogen-bond donors (Lipinski definition) is 5. The lowest BCUT2D eigenvalue weighted by atomic mass is 10.1. The van der Waals surface area contributed by atoms with E-state index in [2.05, 4.69) is 42.5 Å². The van der Waals surface area contributed by atoms with Crippen molar-refractivity contribution in [2.75, 3.05) is 108 Å². The molecule has 0 saturated heterocycles. The molecule has 0 bridgehead atoms. The maximum atomic E-state index is 12.4. The Bertz CT molecular complexity index is 4290. The van der Waals surface area contributed by atoms with Crippen LogP contribution in [0.4, 0.5) is 0 Å². The summed E-state index contributed by atoms with van der Waals surface area (Å²) in [6.07, 6.45) is 7.97. The fourth-order valence-corrected chi connectivity index (χ4v) is 9.12. The second-order valence-corrected chi connectivity index (χ2v) is 23.5. The van der Waals surface area contributed by atoms with Crippen LogP contribution in [-0.2, 0) is 25.7 Å². The number of phenols is 1. The normalized spacial score (nSPS) is 13.1. The fraction of sp³-hybridized carbons (Fsp3) is 0.293. The van der Waals surface area contributed by atoms with Gasteiger partial charge in [-0.1, -0.05) is 116 Å². The van der Waals surface area contributed by atoms with Gasteiger partial charge in [0.25, 0.3) is 0 Å². The number of fused-ring (bicyclic) bond motifs is 4. The first-order valence-corrected chi connectivity index (χ1v) is 31.0. The van der Waals surface area contributed by atoms with Crippen LogP contribution in [0.15, 0.2) is 189 Å². The predicted molar refractivity (Wildman–Crippen MR) is 385 cm³/mol. The van der Waals surface area contributed by atoms with E-state index in [4.69, 9.17) is 25.2 Å². The molecule has 5 N–H and O–H groups in total. The molecule has 4 aromatic heterocycles. The van der Waals surface area contributed by atoms with E-state index in [1.165, 1.54) is 4.90 Å². The summed E-state index contributed by atoms with van der Waals surface area (Å²) >= 11 is 2.15. The molecule has 91 heavy (non-hydrogen) atoms. The highest BCUT2D eigenvalue weighted by Gasteiger charge is 2.20. The van der Waals surface area contributed by atoms with E-state index in [0.717, 1.165) is 65.9 Å². The van der Waals surface area contributed by atoms with Gasteiger partial charge in [0.1, 0.15) is 23.0 Å². The number of ether oxygens (including phenoxy) is 3. The number of nitrogens with one attached hydrogen (secondary N) is 4. The topological polar surface area (TPSA) is 166 Å². The number of esters is 3. The Hall–Kier alpha value is -8.52. The Kier molecular flexibility index (Phi) is 23.0. The van der Waals surface area contributed by atoms with Crippen LogP contribution in [0.5, 0.6) is 23.0 Å². The number of aryl methyl sites for hydroxylation is 4. The molecule has 11 rings (SSSR count). The minimum Gasteiger partial charge on any atom is -0.507 e. The first kappa shape index (κ1) is 61.3. The molecule has 0 amide bonds. The third kappa shape index (κ3) is 21.6. The van der Waals surface area contributed by atoms with E-state index >= 15 is 0 Å². The summed E-state index contributed by atoms with van der Waals surface area (Å²) in [6, 6.07) is 48.0. The first-order valence-electron chi connectivity index (χ1n) is 32.8. The molecule has 0 aliphatic heterocycles. The van der Waals surface area contributed by atoms with E-state index < -0.39 is 43.9 Å². The lowest BCUT2D eigenvalue weighted by molar-refractivity contribution is -0.870. The molecular formula is C75H96IN8O7+3. The number of likely N-dealkylation sites (N-methyl/N-ethyl adjacent to an activating group) is 4. The van der Waals surface area contributed by atoms with Crippen LogP contribution in [0, 0.1) is 0 Å². The monoisotopic (exact) mass is 1360 g/mol. The number of aromatic nitrogens is 4. The highest BCUT2D eigenvalue weighted by atomic mass is 127. The molecule has 16 heteroatoms. The van der Waals surface area contributed by atoms with E-state index in [1.54, 1.807) is 148 Å². The number of hydrogen-bond acceptors (Lipinski definition) is 8. The quantitative estimate of drug-likeness (QED) is 0.0186. The minimum absolute atomic E-state index is 0. The number of H-pyrrole nitrogens is 4. The number of alkyl halides is 1. The zero-order valence-electron chi connectivity index (χ0n) is 60.8. The van der Waals surface area contributed by atoms with Gasteiger partial charge in [0.05, 0.1) is 108 Å². The van der Waals surface area contributed by atoms with Crippen molar-refractivity contribution >= 4 is 84.1 Å². The van der Waals surface area contributed by atoms with Gasteiger partial charge in [-0.2, -0.15) is 0 Å². The molecule has 0 atom stereocenters. The van der Waals surface area contributed by atoms with Crippen LogP contribution in [0.25, 0.3) is 43.6 Å². The average molecular weight is 1360 g/mol. The van der Waals surface area contributed by atoms with Gasteiger partial charge >= 0.3 is 17.9 Å². The van der Waals surface area contributed by atoms with E-state index in [1.807, 2.05) is 123 Å². The van der Waals surface area contributed by atoms with Crippen LogP contribution < -0.4 is 14.2 Å². The van der Waals surface area contributed by atoms with Crippen LogP contribution >= 0.6 is 22.6 Å². The molecule has 7 aromatic carbocycles. The Morgan fingerprint density at radius 2 is 0.670 bits per heavy atom. The molecule has 0 aliphatic carbocycles. The summed E-state index contributed by atoms with van der Waals surface area (Å²) in [4.78, 5) is 53.2. The molecule has 0 fully saturated rings. The second kappa shape index (κ2) is 34.1. The molecule has 0 radical (unpaired) electrons. The van der Waals surface area contributed by atoms with Crippen molar-refractivity contribution in [3.8, 4) is 23.0 Å². The molecule has 0 spiro atoms. The number of benzene rings is 7. The number of phenolic OH excluding ortho intramolecular Hbond substituents is 1. The summed E-state index contributed by atoms with van der Waals surface area (Å²) in [5.74, 6) is 0.198. The summed E-state index contributed by atoms with van der Waals surface area (Å²) in [5, 5.41) is 12.8. The third-order valence-electron chi connectivity index (χ3n) is 13.5. The van der Waals surface area contributed by atoms with Crippen molar-refractivity contribution in [1.29, 1.82) is 0 Å². The SMILES string of the molecule is C.C.CI.[2H]C([2H])(Cc1c[nH]c2cccc(O)c12)[N+](C)(C)C.[2H]C([2H])(Cc1c[nH]c2cccc(OC(=O)c3ccccc3)c12)N(C)C.[2H]C([2H])(Cc1c[nH]c2cccc(OC(=O)c3ccccc3)c12)[N+](C)(C)C.[2H]C([2H])(Cc1c[nH]c2cccc(OC(=O)c3ccccc3)c12)[N+](C)(C)C. The smallest absolute Gasteiger partial charge is 0.343 e. The van der Waals surface area contributed by atoms with Gasteiger partial charge in [-0.15, -0.1) is 0 Å².